The summed E-state index contributed by atoms with van der Waals surface area (Å²) in [4.78, 5) is 0. The van der Waals surface area contributed by atoms with Crippen molar-refractivity contribution >= 4 is 5.57 Å². The average Bonchev–Trinajstić information content (AvgIpc) is 3.02. The quantitative estimate of drug-likeness (QED) is 0.391. The Kier molecular flexibility index (Phi) is 12.5. The van der Waals surface area contributed by atoms with Gasteiger partial charge in [0.15, 0.2) is 0 Å². The molecule has 1 spiro atoms. The van der Waals surface area contributed by atoms with E-state index >= 15 is 0 Å². The van der Waals surface area contributed by atoms with E-state index < -0.39 is 0 Å². The second-order valence-corrected chi connectivity index (χ2v) is 6.65. The molecule has 6 heteroatoms. The Bertz CT molecular complexity index is 727. The molecule has 2 heterocycles. The minimum absolute atomic E-state index is 0. The summed E-state index contributed by atoms with van der Waals surface area (Å²) in [6, 6.07) is 10.4. The van der Waals surface area contributed by atoms with Crippen LogP contribution in [0.25, 0.3) is 5.57 Å². The van der Waals surface area contributed by atoms with E-state index in [0.717, 1.165) is 37.1 Å². The Morgan fingerprint density at radius 1 is 0.750 bits per heavy atom. The molecule has 28 heavy (non-hydrogen) atoms. The summed E-state index contributed by atoms with van der Waals surface area (Å²) in [7, 11) is 0. The van der Waals surface area contributed by atoms with E-state index in [0.29, 0.717) is 10.4 Å². The second kappa shape index (κ2) is 13.4. The van der Waals surface area contributed by atoms with Gasteiger partial charge in [0, 0.05) is 34.9 Å². The van der Waals surface area contributed by atoms with Crippen molar-refractivity contribution in [3.05, 3.63) is 73.0 Å². The zero-order valence-electron chi connectivity index (χ0n) is 15.7. The molecular formula is C22H23CrNO4. The number of piperidine rings is 1. The molecule has 1 saturated heterocycles. The van der Waals surface area contributed by atoms with Gasteiger partial charge in [0.1, 0.15) is 5.70 Å². The number of quaternary nitrogens is 1. The zero-order chi connectivity index (χ0) is 20.3. The molecule has 0 N–H and O–H groups in total. The summed E-state index contributed by atoms with van der Waals surface area (Å²) in [5.74, 6) is 0.396. The van der Waals surface area contributed by atoms with Crippen LogP contribution in [-0.4, -0.2) is 17.6 Å². The third-order valence-corrected chi connectivity index (χ3v) is 5.50. The molecule has 0 unspecified atom stereocenters. The number of benzene rings is 1. The predicted octanol–water partition coefficient (Wildman–Crippen LogP) is 3.44. The number of hydrogen-bond acceptors (Lipinski definition) is 1. The fraction of sp³-hybridized carbons (Fsp3) is 0.409. The third kappa shape index (κ3) is 4.97. The Balaban J connectivity index is 0.000000957. The van der Waals surface area contributed by atoms with Crippen LogP contribution >= 0.6 is 0 Å². The van der Waals surface area contributed by atoms with E-state index in [4.69, 9.17) is 14.0 Å². The molecule has 1 aromatic carbocycles. The maximum atomic E-state index is 13.3. The average molecular weight is 417 g/mol. The summed E-state index contributed by atoms with van der Waals surface area (Å²) in [5.41, 5.74) is 5.06. The van der Waals surface area contributed by atoms with E-state index in [1.54, 1.807) is 0 Å². The first-order valence-electron chi connectivity index (χ1n) is 9.01. The number of allylic oxidation sites excluding steroid dienone is 3. The number of fused-ring (bicyclic) bond motifs is 1. The Hall–Kier alpha value is -1.79. The van der Waals surface area contributed by atoms with Crippen molar-refractivity contribution in [3.8, 4) is 0 Å². The first kappa shape index (κ1) is 26.2. The Morgan fingerprint density at radius 3 is 1.86 bits per heavy atom. The third-order valence-electron chi connectivity index (χ3n) is 5.50. The maximum absolute atomic E-state index is 13.3. The van der Waals surface area contributed by atoms with Crippen molar-refractivity contribution in [3.63, 3.8) is 0 Å². The molecule has 4 rings (SSSR count). The molecule has 5 nitrogen and oxygen atoms in total. The number of rotatable bonds is 1. The van der Waals surface area contributed by atoms with Crippen LogP contribution in [0.4, 0.5) is 0 Å². The van der Waals surface area contributed by atoms with Gasteiger partial charge in [-0.15, -0.1) is 0 Å². The van der Waals surface area contributed by atoms with E-state index in [-0.39, 0.29) is 17.4 Å². The first-order valence-corrected chi connectivity index (χ1v) is 9.01. The molecule has 0 atom stereocenters. The van der Waals surface area contributed by atoms with Crippen LogP contribution in [0.5, 0.6) is 0 Å². The van der Waals surface area contributed by atoms with Gasteiger partial charge in [0.2, 0.25) is 0 Å². The van der Waals surface area contributed by atoms with E-state index in [1.165, 1.54) is 43.4 Å². The van der Waals surface area contributed by atoms with Crippen LogP contribution in [0.3, 0.4) is 0 Å². The van der Waals surface area contributed by atoms with Gasteiger partial charge in [-0.1, -0.05) is 30.3 Å². The van der Waals surface area contributed by atoms with Crippen LogP contribution in [0, 0.1) is 20.0 Å². The summed E-state index contributed by atoms with van der Waals surface area (Å²) in [6.45, 7) is 15.6. The van der Waals surface area contributed by atoms with Crippen LogP contribution < -0.4 is 5.11 Å². The molecule has 2 aliphatic heterocycles. The van der Waals surface area contributed by atoms with Gasteiger partial charge in [-0.3, -0.25) is 4.48 Å². The molecule has 1 fully saturated rings. The summed E-state index contributed by atoms with van der Waals surface area (Å²) >= 11 is 0. The van der Waals surface area contributed by atoms with Crippen molar-refractivity contribution in [2.24, 2.45) is 0 Å². The van der Waals surface area contributed by atoms with Crippen LogP contribution in [0.15, 0.2) is 47.5 Å². The van der Waals surface area contributed by atoms with Gasteiger partial charge in [-0.25, -0.2) is 0 Å². The van der Waals surface area contributed by atoms with Crippen molar-refractivity contribution in [1.82, 2.24) is 0 Å². The van der Waals surface area contributed by atoms with Crippen molar-refractivity contribution in [2.75, 3.05) is 13.1 Å². The van der Waals surface area contributed by atoms with E-state index in [9.17, 15) is 5.11 Å². The van der Waals surface area contributed by atoms with Gasteiger partial charge in [-0.05, 0) is 44.1 Å². The van der Waals surface area contributed by atoms with Gasteiger partial charge >= 0.3 is 33.9 Å². The molecule has 1 aromatic rings. The fourth-order valence-corrected chi connectivity index (χ4v) is 4.52. The van der Waals surface area contributed by atoms with Gasteiger partial charge in [0.25, 0.3) is 0 Å². The normalized spacial score (nSPS) is 18.6. The number of hydrogen-bond donors (Lipinski definition) is 0. The Labute approximate surface area is 177 Å². The van der Waals surface area contributed by atoms with Crippen molar-refractivity contribution < 1.29 is 40.9 Å². The van der Waals surface area contributed by atoms with Crippen molar-refractivity contribution in [1.29, 1.82) is 0 Å². The van der Waals surface area contributed by atoms with E-state index in [1.807, 2.05) is 6.07 Å². The summed E-state index contributed by atoms with van der Waals surface area (Å²) in [5, 5.41) is 13.3. The SMILES string of the molecule is [C-]#[O+].[C-]#[O+].[C-]#[O+].[Cr].[O-]C1=C(c2ccccc2)C2=C(CCCC2)[N+]12CCCCC2. The molecule has 0 saturated carbocycles. The fourth-order valence-electron chi connectivity index (χ4n) is 4.52. The summed E-state index contributed by atoms with van der Waals surface area (Å²) in [6.07, 6.45) is 8.42. The molecule has 0 radical (unpaired) electrons. The minimum atomic E-state index is 0. The van der Waals surface area contributed by atoms with Crippen LogP contribution in [0.1, 0.15) is 50.5 Å². The molecule has 0 aromatic heterocycles. The molecule has 146 valence electrons. The molecular weight excluding hydrogens is 394 g/mol. The van der Waals surface area contributed by atoms with Crippen molar-refractivity contribution in [2.45, 2.75) is 44.9 Å². The number of nitrogens with zero attached hydrogens (tertiary/aromatic N) is 1. The predicted molar refractivity (Wildman–Crippen MR) is 94.5 cm³/mol. The first-order chi connectivity index (χ1) is 13.3. The largest absolute Gasteiger partial charge is 0.830 e. The standard InChI is InChI=1S/C19H23NO.3CO.Cr/c21-19-18(15-9-3-1-4-10-15)16-11-5-6-12-17(16)20(19)13-7-2-8-14-20;3*1-2;/h1,3-4,9-10H,2,5-8,11-14H2;;;;. The van der Waals surface area contributed by atoms with Gasteiger partial charge in [0.05, 0.1) is 19.0 Å². The monoisotopic (exact) mass is 417 g/mol. The topological polar surface area (TPSA) is 82.8 Å². The maximum Gasteiger partial charge on any atom is 0.117 e. The Morgan fingerprint density at radius 2 is 1.29 bits per heavy atom. The summed E-state index contributed by atoms with van der Waals surface area (Å²) < 4.78 is 23.2. The van der Waals surface area contributed by atoms with Crippen LogP contribution in [0.2, 0.25) is 0 Å². The van der Waals surface area contributed by atoms with Crippen LogP contribution in [-0.2, 0) is 31.3 Å². The second-order valence-electron chi connectivity index (χ2n) is 6.65. The van der Waals surface area contributed by atoms with E-state index in [2.05, 4.69) is 44.2 Å². The molecule has 1 aliphatic carbocycles. The van der Waals surface area contributed by atoms with Gasteiger partial charge in [-0.2, -0.15) is 0 Å². The molecule has 0 amide bonds. The smallest absolute Gasteiger partial charge is 0.117 e. The minimum Gasteiger partial charge on any atom is -0.830 e. The molecule has 0 bridgehead atoms. The molecule has 3 aliphatic rings. The zero-order valence-corrected chi connectivity index (χ0v) is 17.0. The van der Waals surface area contributed by atoms with Gasteiger partial charge < -0.3 is 5.11 Å².